The summed E-state index contributed by atoms with van der Waals surface area (Å²) in [6.45, 7) is 1.99. The number of aromatic nitrogens is 2. The normalized spacial score (nSPS) is 10.7. The zero-order chi connectivity index (χ0) is 13.9. The molecule has 0 N–H and O–H groups in total. The molecule has 3 aromatic rings. The lowest BCUT2D eigenvalue weighted by Gasteiger charge is -2.05. The van der Waals surface area contributed by atoms with Crippen LogP contribution in [0, 0.1) is 0 Å². The Balaban J connectivity index is 1.99. The van der Waals surface area contributed by atoms with Crippen molar-refractivity contribution in [3.63, 3.8) is 0 Å². The molecule has 0 spiro atoms. The van der Waals surface area contributed by atoms with Gasteiger partial charge in [-0.25, -0.2) is 4.68 Å². The summed E-state index contributed by atoms with van der Waals surface area (Å²) in [5.74, 6) is 0.990. The summed E-state index contributed by atoms with van der Waals surface area (Å²) in [4.78, 5) is 12.5. The van der Waals surface area contributed by atoms with Gasteiger partial charge in [-0.2, -0.15) is 5.10 Å². The van der Waals surface area contributed by atoms with E-state index in [0.717, 1.165) is 17.9 Å². The lowest BCUT2D eigenvalue weighted by molar-refractivity contribution is 0.1000. The molecule has 20 heavy (non-hydrogen) atoms. The smallest absolute Gasteiger partial charge is 0.246 e. The Labute approximate surface area is 116 Å². The third-order valence-electron chi connectivity index (χ3n) is 3.11. The van der Waals surface area contributed by atoms with E-state index >= 15 is 0 Å². The van der Waals surface area contributed by atoms with Gasteiger partial charge in [-0.05, 0) is 30.3 Å². The first-order chi connectivity index (χ1) is 9.79. The molecule has 0 aliphatic carbocycles. The minimum atomic E-state index is -0.161. The van der Waals surface area contributed by atoms with Gasteiger partial charge in [0.25, 0.3) is 0 Å². The molecule has 4 nitrogen and oxygen atoms in total. The van der Waals surface area contributed by atoms with Crippen LogP contribution in [0.15, 0.2) is 59.1 Å². The monoisotopic (exact) mass is 266 g/mol. The Morgan fingerprint density at radius 2 is 1.95 bits per heavy atom. The van der Waals surface area contributed by atoms with Crippen molar-refractivity contribution < 1.29 is 9.21 Å². The summed E-state index contributed by atoms with van der Waals surface area (Å²) in [6.07, 6.45) is 2.38. The zero-order valence-corrected chi connectivity index (χ0v) is 11.1. The van der Waals surface area contributed by atoms with Crippen molar-refractivity contribution in [1.29, 1.82) is 0 Å². The predicted molar refractivity (Wildman–Crippen MR) is 75.1 cm³/mol. The second-order valence-corrected chi connectivity index (χ2v) is 4.41. The Bertz CT molecular complexity index is 726. The SMILES string of the molecule is CCc1ccc(C(=O)c2ccnn2-c2ccccc2)o1. The van der Waals surface area contributed by atoms with Gasteiger partial charge in [-0.15, -0.1) is 0 Å². The van der Waals surface area contributed by atoms with Crippen molar-refractivity contribution in [2.45, 2.75) is 13.3 Å². The molecule has 0 bridgehead atoms. The topological polar surface area (TPSA) is 48.0 Å². The van der Waals surface area contributed by atoms with Crippen molar-refractivity contribution in [2.24, 2.45) is 0 Å². The van der Waals surface area contributed by atoms with Crippen molar-refractivity contribution in [3.05, 3.63) is 71.9 Å². The van der Waals surface area contributed by atoms with Crippen LogP contribution in [0.3, 0.4) is 0 Å². The third kappa shape index (κ3) is 2.16. The number of ketones is 1. The fraction of sp³-hybridized carbons (Fsp3) is 0.125. The summed E-state index contributed by atoms with van der Waals surface area (Å²) < 4.78 is 7.14. The van der Waals surface area contributed by atoms with Crippen LogP contribution in [-0.4, -0.2) is 15.6 Å². The lowest BCUT2D eigenvalue weighted by atomic mass is 10.2. The fourth-order valence-electron chi connectivity index (χ4n) is 2.07. The average Bonchev–Trinajstić information content (AvgIpc) is 3.16. The number of aryl methyl sites for hydroxylation is 1. The molecule has 4 heteroatoms. The first kappa shape index (κ1) is 12.4. The van der Waals surface area contributed by atoms with Gasteiger partial charge in [-0.3, -0.25) is 4.79 Å². The zero-order valence-electron chi connectivity index (χ0n) is 11.1. The van der Waals surface area contributed by atoms with E-state index in [2.05, 4.69) is 5.10 Å². The first-order valence-electron chi connectivity index (χ1n) is 6.52. The quantitative estimate of drug-likeness (QED) is 0.681. The molecule has 0 fully saturated rings. The Hall–Kier alpha value is -2.62. The molecule has 3 rings (SSSR count). The minimum absolute atomic E-state index is 0.161. The Morgan fingerprint density at radius 1 is 1.15 bits per heavy atom. The Kier molecular flexibility index (Phi) is 3.21. The van der Waals surface area contributed by atoms with Crippen molar-refractivity contribution in [1.82, 2.24) is 9.78 Å². The van der Waals surface area contributed by atoms with Crippen LogP contribution in [0.1, 0.15) is 28.9 Å². The van der Waals surface area contributed by atoms with Gasteiger partial charge >= 0.3 is 0 Å². The number of benzene rings is 1. The van der Waals surface area contributed by atoms with Gasteiger partial charge in [0.1, 0.15) is 11.5 Å². The number of para-hydroxylation sites is 1. The van der Waals surface area contributed by atoms with Gasteiger partial charge in [0.2, 0.25) is 5.78 Å². The highest BCUT2D eigenvalue weighted by atomic mass is 16.3. The molecule has 1 aromatic carbocycles. The maximum atomic E-state index is 12.5. The van der Waals surface area contributed by atoms with Gasteiger partial charge < -0.3 is 4.42 Å². The van der Waals surface area contributed by atoms with Crippen LogP contribution >= 0.6 is 0 Å². The molecule has 0 amide bonds. The summed E-state index contributed by atoms with van der Waals surface area (Å²) in [7, 11) is 0. The molecular weight excluding hydrogens is 252 g/mol. The van der Waals surface area contributed by atoms with Crippen molar-refractivity contribution in [3.8, 4) is 5.69 Å². The molecule has 0 saturated heterocycles. The summed E-state index contributed by atoms with van der Waals surface area (Å²) in [6, 6.07) is 14.8. The molecule has 0 saturated carbocycles. The highest BCUT2D eigenvalue weighted by Crippen LogP contribution is 2.16. The average molecular weight is 266 g/mol. The van der Waals surface area contributed by atoms with Crippen LogP contribution in [0.4, 0.5) is 0 Å². The maximum absolute atomic E-state index is 12.5. The van der Waals surface area contributed by atoms with Crippen LogP contribution in [0.2, 0.25) is 0 Å². The third-order valence-corrected chi connectivity index (χ3v) is 3.11. The number of hydrogen-bond acceptors (Lipinski definition) is 3. The minimum Gasteiger partial charge on any atom is -0.458 e. The number of nitrogens with zero attached hydrogens (tertiary/aromatic N) is 2. The van der Waals surface area contributed by atoms with E-state index in [0.29, 0.717) is 11.5 Å². The molecule has 0 unspecified atom stereocenters. The molecule has 2 aromatic heterocycles. The lowest BCUT2D eigenvalue weighted by Crippen LogP contribution is -2.09. The largest absolute Gasteiger partial charge is 0.458 e. The molecular formula is C16H14N2O2. The van der Waals surface area contributed by atoms with E-state index in [9.17, 15) is 4.79 Å². The standard InChI is InChI=1S/C16H14N2O2/c1-2-13-8-9-15(20-13)16(19)14-10-11-17-18(14)12-6-4-3-5-7-12/h3-11H,2H2,1H3. The number of rotatable bonds is 4. The molecule has 0 atom stereocenters. The summed E-state index contributed by atoms with van der Waals surface area (Å²) in [5.41, 5.74) is 1.34. The Morgan fingerprint density at radius 3 is 2.65 bits per heavy atom. The molecule has 0 radical (unpaired) electrons. The second kappa shape index (κ2) is 5.17. The van der Waals surface area contributed by atoms with Crippen LogP contribution < -0.4 is 0 Å². The molecule has 2 heterocycles. The molecule has 0 aliphatic rings. The number of furan rings is 1. The van der Waals surface area contributed by atoms with Gasteiger partial charge in [0.15, 0.2) is 5.76 Å². The second-order valence-electron chi connectivity index (χ2n) is 4.41. The number of carbonyl (C=O) groups excluding carboxylic acids is 1. The van der Waals surface area contributed by atoms with Crippen molar-refractivity contribution >= 4 is 5.78 Å². The summed E-state index contributed by atoms with van der Waals surface area (Å²) in [5, 5.41) is 4.21. The predicted octanol–water partition coefficient (Wildman–Crippen LogP) is 3.26. The van der Waals surface area contributed by atoms with E-state index in [4.69, 9.17) is 4.42 Å². The van der Waals surface area contributed by atoms with Gasteiger partial charge in [0.05, 0.1) is 11.9 Å². The fourth-order valence-corrected chi connectivity index (χ4v) is 2.07. The molecule has 0 aliphatic heterocycles. The summed E-state index contributed by atoms with van der Waals surface area (Å²) >= 11 is 0. The van der Waals surface area contributed by atoms with Crippen LogP contribution in [-0.2, 0) is 6.42 Å². The van der Waals surface area contributed by atoms with E-state index in [1.54, 1.807) is 23.0 Å². The van der Waals surface area contributed by atoms with Crippen LogP contribution in [0.25, 0.3) is 5.69 Å². The maximum Gasteiger partial charge on any atom is 0.246 e. The van der Waals surface area contributed by atoms with Gasteiger partial charge in [0, 0.05) is 6.42 Å². The van der Waals surface area contributed by atoms with E-state index < -0.39 is 0 Å². The highest BCUT2D eigenvalue weighted by molar-refractivity contribution is 6.06. The van der Waals surface area contributed by atoms with E-state index in [1.165, 1.54) is 0 Å². The van der Waals surface area contributed by atoms with Crippen LogP contribution in [0.5, 0.6) is 0 Å². The highest BCUT2D eigenvalue weighted by Gasteiger charge is 2.18. The first-order valence-corrected chi connectivity index (χ1v) is 6.52. The van der Waals surface area contributed by atoms with E-state index in [-0.39, 0.29) is 5.78 Å². The van der Waals surface area contributed by atoms with E-state index in [1.807, 2.05) is 43.3 Å². The number of carbonyl (C=O) groups is 1. The van der Waals surface area contributed by atoms with Gasteiger partial charge in [-0.1, -0.05) is 25.1 Å². The number of hydrogen-bond donors (Lipinski definition) is 0. The van der Waals surface area contributed by atoms with Crippen molar-refractivity contribution in [2.75, 3.05) is 0 Å². The molecule has 100 valence electrons.